The number of halogens is 1. The summed E-state index contributed by atoms with van der Waals surface area (Å²) in [5.41, 5.74) is 0.504. The third kappa shape index (κ3) is 4.27. The van der Waals surface area contributed by atoms with Gasteiger partial charge in [-0.3, -0.25) is 9.59 Å². The van der Waals surface area contributed by atoms with Gasteiger partial charge in [0.25, 0.3) is 11.4 Å². The van der Waals surface area contributed by atoms with E-state index in [0.29, 0.717) is 22.2 Å². The number of aromatic nitrogens is 3. The van der Waals surface area contributed by atoms with E-state index in [0.717, 1.165) is 0 Å². The number of pyridine rings is 1. The number of carbonyl (C=O) groups is 1. The number of amides is 1. The Balaban J connectivity index is 1.51. The van der Waals surface area contributed by atoms with Crippen molar-refractivity contribution in [3.8, 4) is 22.8 Å². The molecule has 3 aromatic heterocycles. The Hall–Kier alpha value is -3.65. The molecule has 1 amide bonds. The predicted molar refractivity (Wildman–Crippen MR) is 105 cm³/mol. The summed E-state index contributed by atoms with van der Waals surface area (Å²) < 4.78 is 11.7. The summed E-state index contributed by atoms with van der Waals surface area (Å²) in [7, 11) is 0. The summed E-state index contributed by atoms with van der Waals surface area (Å²) in [6.07, 6.45) is 3.05. The largest absolute Gasteiger partial charge is 0.467 e. The normalized spacial score (nSPS) is 10.8. The van der Waals surface area contributed by atoms with Crippen LogP contribution in [-0.4, -0.2) is 20.6 Å². The van der Waals surface area contributed by atoms with E-state index < -0.39 is 5.56 Å². The van der Waals surface area contributed by atoms with Crippen molar-refractivity contribution < 1.29 is 13.7 Å². The number of benzene rings is 1. The van der Waals surface area contributed by atoms with E-state index in [1.54, 1.807) is 48.5 Å². The number of carbonyl (C=O) groups excluding carboxylic acids is 1. The first kappa shape index (κ1) is 18.7. The lowest BCUT2D eigenvalue weighted by Gasteiger charge is -2.07. The summed E-state index contributed by atoms with van der Waals surface area (Å²) in [4.78, 5) is 29.2. The molecule has 0 radical (unpaired) electrons. The zero-order valence-corrected chi connectivity index (χ0v) is 15.8. The van der Waals surface area contributed by atoms with Crippen LogP contribution >= 0.6 is 11.6 Å². The fourth-order valence-corrected chi connectivity index (χ4v) is 2.81. The fraction of sp³-hybridized carbons (Fsp3) is 0.100. The van der Waals surface area contributed by atoms with Crippen molar-refractivity contribution in [2.75, 3.05) is 0 Å². The van der Waals surface area contributed by atoms with Gasteiger partial charge in [0.05, 0.1) is 12.8 Å². The monoisotopic (exact) mass is 410 g/mol. The third-order valence-corrected chi connectivity index (χ3v) is 4.38. The summed E-state index contributed by atoms with van der Waals surface area (Å²) in [5.74, 6) is 0.709. The highest BCUT2D eigenvalue weighted by molar-refractivity contribution is 6.30. The molecule has 29 heavy (non-hydrogen) atoms. The van der Waals surface area contributed by atoms with Crippen LogP contribution in [0.3, 0.4) is 0 Å². The van der Waals surface area contributed by atoms with E-state index in [4.69, 9.17) is 20.5 Å². The second-order valence-corrected chi connectivity index (χ2v) is 6.58. The van der Waals surface area contributed by atoms with E-state index in [2.05, 4.69) is 15.5 Å². The van der Waals surface area contributed by atoms with Crippen LogP contribution in [0, 0.1) is 0 Å². The Labute approximate surface area is 169 Å². The smallest absolute Gasteiger partial charge is 0.263 e. The average molecular weight is 411 g/mol. The Kier molecular flexibility index (Phi) is 5.26. The van der Waals surface area contributed by atoms with Crippen molar-refractivity contribution in [3.05, 3.63) is 82.1 Å². The van der Waals surface area contributed by atoms with Gasteiger partial charge in [0.1, 0.15) is 17.9 Å². The SMILES string of the molecule is O=C(Cn1cccc(-c2nc(-c3ccc(Cl)cc3)no2)c1=O)NCc1ccco1. The summed E-state index contributed by atoms with van der Waals surface area (Å²) in [6.45, 7) is 0.0972. The highest BCUT2D eigenvalue weighted by atomic mass is 35.5. The minimum Gasteiger partial charge on any atom is -0.467 e. The predicted octanol–water partition coefficient (Wildman–Crippen LogP) is 3.13. The van der Waals surface area contributed by atoms with Gasteiger partial charge < -0.3 is 18.8 Å². The number of nitrogens with zero attached hydrogens (tertiary/aromatic N) is 3. The molecule has 0 unspecified atom stereocenters. The lowest BCUT2D eigenvalue weighted by Crippen LogP contribution is -2.32. The average Bonchev–Trinajstić information content (AvgIpc) is 3.41. The molecule has 0 spiro atoms. The summed E-state index contributed by atoms with van der Waals surface area (Å²) in [5, 5.41) is 7.20. The number of rotatable bonds is 6. The second-order valence-electron chi connectivity index (χ2n) is 6.14. The minimum absolute atomic E-state index is 0.0743. The molecule has 0 saturated heterocycles. The maximum Gasteiger partial charge on any atom is 0.263 e. The molecule has 0 aliphatic heterocycles. The lowest BCUT2D eigenvalue weighted by molar-refractivity contribution is -0.121. The first-order valence-corrected chi connectivity index (χ1v) is 9.06. The standard InChI is InChI=1S/C20H15ClN4O4/c21-14-7-5-13(6-8-14)18-23-19(29-24-18)16-4-1-9-25(20(16)27)12-17(26)22-11-15-3-2-10-28-15/h1-10H,11-12H2,(H,22,26). The van der Waals surface area contributed by atoms with Crippen LogP contribution in [0.25, 0.3) is 22.8 Å². The number of hydrogen-bond donors (Lipinski definition) is 1. The zero-order valence-electron chi connectivity index (χ0n) is 15.0. The summed E-state index contributed by atoms with van der Waals surface area (Å²) >= 11 is 5.89. The molecule has 4 aromatic rings. The van der Waals surface area contributed by atoms with Gasteiger partial charge in [-0.15, -0.1) is 0 Å². The Morgan fingerprint density at radius 2 is 1.97 bits per heavy atom. The molecule has 0 atom stereocenters. The van der Waals surface area contributed by atoms with Crippen molar-refractivity contribution in [1.29, 1.82) is 0 Å². The molecule has 4 rings (SSSR count). The highest BCUT2D eigenvalue weighted by Gasteiger charge is 2.16. The molecule has 1 N–H and O–H groups in total. The molecule has 0 aliphatic carbocycles. The first-order chi connectivity index (χ1) is 14.1. The molecule has 9 heteroatoms. The van der Waals surface area contributed by atoms with Crippen molar-refractivity contribution >= 4 is 17.5 Å². The Bertz CT molecular complexity index is 1180. The number of hydrogen-bond acceptors (Lipinski definition) is 6. The third-order valence-electron chi connectivity index (χ3n) is 4.13. The molecular formula is C20H15ClN4O4. The van der Waals surface area contributed by atoms with E-state index >= 15 is 0 Å². The fourth-order valence-electron chi connectivity index (χ4n) is 2.68. The van der Waals surface area contributed by atoms with E-state index in [1.165, 1.54) is 17.0 Å². The van der Waals surface area contributed by atoms with Gasteiger partial charge in [-0.25, -0.2) is 0 Å². The van der Waals surface area contributed by atoms with Crippen molar-refractivity contribution in [1.82, 2.24) is 20.0 Å². The molecule has 0 aliphatic rings. The van der Waals surface area contributed by atoms with E-state index in [1.807, 2.05) is 0 Å². The van der Waals surface area contributed by atoms with Crippen LogP contribution in [0.15, 0.2) is 74.7 Å². The van der Waals surface area contributed by atoms with E-state index in [-0.39, 0.29) is 30.5 Å². The van der Waals surface area contributed by atoms with Gasteiger partial charge in [0.15, 0.2) is 0 Å². The van der Waals surface area contributed by atoms with Gasteiger partial charge >= 0.3 is 0 Å². The lowest BCUT2D eigenvalue weighted by atomic mass is 10.2. The molecule has 0 bridgehead atoms. The second kappa shape index (κ2) is 8.15. The molecule has 8 nitrogen and oxygen atoms in total. The van der Waals surface area contributed by atoms with Gasteiger partial charge in [-0.2, -0.15) is 4.98 Å². The van der Waals surface area contributed by atoms with Crippen LogP contribution in [0.4, 0.5) is 0 Å². The maximum atomic E-state index is 12.7. The Morgan fingerprint density at radius 1 is 1.14 bits per heavy atom. The van der Waals surface area contributed by atoms with Gasteiger partial charge in [-0.1, -0.05) is 16.8 Å². The van der Waals surface area contributed by atoms with Crippen LogP contribution in [0.2, 0.25) is 5.02 Å². The number of nitrogens with one attached hydrogen (secondary N) is 1. The maximum absolute atomic E-state index is 12.7. The van der Waals surface area contributed by atoms with Crippen LogP contribution in [0.5, 0.6) is 0 Å². The zero-order chi connectivity index (χ0) is 20.2. The Morgan fingerprint density at radius 3 is 2.72 bits per heavy atom. The van der Waals surface area contributed by atoms with E-state index in [9.17, 15) is 9.59 Å². The quantitative estimate of drug-likeness (QED) is 0.523. The molecule has 0 saturated carbocycles. The highest BCUT2D eigenvalue weighted by Crippen LogP contribution is 2.21. The topological polar surface area (TPSA) is 103 Å². The molecule has 0 fully saturated rings. The molecule has 146 valence electrons. The molecular weight excluding hydrogens is 396 g/mol. The summed E-state index contributed by atoms with van der Waals surface area (Å²) in [6, 6.07) is 13.6. The van der Waals surface area contributed by atoms with Crippen molar-refractivity contribution in [2.45, 2.75) is 13.1 Å². The van der Waals surface area contributed by atoms with Gasteiger partial charge in [-0.05, 0) is 48.5 Å². The van der Waals surface area contributed by atoms with Crippen molar-refractivity contribution in [3.63, 3.8) is 0 Å². The van der Waals surface area contributed by atoms with Crippen molar-refractivity contribution in [2.24, 2.45) is 0 Å². The molecule has 3 heterocycles. The molecule has 1 aromatic carbocycles. The minimum atomic E-state index is -0.410. The first-order valence-electron chi connectivity index (χ1n) is 8.69. The van der Waals surface area contributed by atoms with Crippen LogP contribution in [0.1, 0.15) is 5.76 Å². The van der Waals surface area contributed by atoms with Gasteiger partial charge in [0, 0.05) is 16.8 Å². The van der Waals surface area contributed by atoms with Crippen LogP contribution in [-0.2, 0) is 17.9 Å². The van der Waals surface area contributed by atoms with Gasteiger partial charge in [0.2, 0.25) is 11.7 Å². The van der Waals surface area contributed by atoms with Crippen LogP contribution < -0.4 is 10.9 Å². The number of furan rings is 1.